The third-order valence-electron chi connectivity index (χ3n) is 2.53. The molecule has 18 heavy (non-hydrogen) atoms. The largest absolute Gasteiger partial charge is 0.324 e. The van der Waals surface area contributed by atoms with Crippen molar-refractivity contribution in [2.24, 2.45) is 0 Å². The van der Waals surface area contributed by atoms with Gasteiger partial charge in [-0.1, -0.05) is 6.92 Å². The molecule has 0 saturated heterocycles. The molecular weight excluding hydrogens is 233 g/mol. The molecule has 0 spiro atoms. The number of anilines is 1. The van der Waals surface area contributed by atoms with Crippen molar-refractivity contribution in [1.29, 1.82) is 5.26 Å². The van der Waals surface area contributed by atoms with Gasteiger partial charge in [-0.2, -0.15) is 5.26 Å². The van der Waals surface area contributed by atoms with E-state index in [1.807, 2.05) is 6.92 Å². The smallest absolute Gasteiger partial charge is 0.244 e. The number of hydrogen-bond acceptors (Lipinski definition) is 3. The molecule has 0 aliphatic carbocycles. The molecule has 1 aromatic rings. The molecule has 96 valence electrons. The monoisotopic (exact) mass is 249 g/mol. The third kappa shape index (κ3) is 3.28. The second-order valence-corrected chi connectivity index (χ2v) is 4.42. The quantitative estimate of drug-likeness (QED) is 0.858. The van der Waals surface area contributed by atoms with E-state index in [1.165, 1.54) is 12.1 Å². The first-order valence-electron chi connectivity index (χ1n) is 5.67. The summed E-state index contributed by atoms with van der Waals surface area (Å²) in [5.74, 6) is -0.832. The number of rotatable bonds is 4. The number of likely N-dealkylation sites (N-methyl/N-ethyl adjacent to an activating group) is 1. The van der Waals surface area contributed by atoms with Crippen LogP contribution in [0.3, 0.4) is 0 Å². The Kier molecular flexibility index (Phi) is 4.40. The van der Waals surface area contributed by atoms with Crippen molar-refractivity contribution in [1.82, 2.24) is 5.32 Å². The Hall–Kier alpha value is -1.93. The molecule has 0 radical (unpaired) electrons. The zero-order valence-electron chi connectivity index (χ0n) is 10.7. The van der Waals surface area contributed by atoms with Crippen LogP contribution in [0.5, 0.6) is 0 Å². The Balaban J connectivity index is 2.86. The van der Waals surface area contributed by atoms with Crippen LogP contribution in [-0.2, 0) is 4.79 Å². The van der Waals surface area contributed by atoms with Crippen molar-refractivity contribution in [2.75, 3.05) is 11.9 Å². The molecule has 0 fully saturated rings. The van der Waals surface area contributed by atoms with Crippen LogP contribution in [-0.4, -0.2) is 18.0 Å². The fraction of sp³-hybridized carbons (Fsp3) is 0.385. The molecule has 0 aromatic heterocycles. The molecule has 1 aromatic carbocycles. The van der Waals surface area contributed by atoms with Gasteiger partial charge in [0.05, 0.1) is 11.1 Å². The van der Waals surface area contributed by atoms with Crippen LogP contribution in [0.1, 0.15) is 26.3 Å². The summed E-state index contributed by atoms with van der Waals surface area (Å²) >= 11 is 0. The van der Waals surface area contributed by atoms with Crippen molar-refractivity contribution in [3.05, 3.63) is 29.6 Å². The molecule has 1 amide bonds. The van der Waals surface area contributed by atoms with Crippen molar-refractivity contribution in [3.8, 4) is 6.07 Å². The summed E-state index contributed by atoms with van der Waals surface area (Å²) in [6, 6.07) is 5.63. The Labute approximate surface area is 106 Å². The first kappa shape index (κ1) is 14.1. The first-order chi connectivity index (χ1) is 8.40. The summed E-state index contributed by atoms with van der Waals surface area (Å²) in [5, 5.41) is 14.4. The highest BCUT2D eigenvalue weighted by molar-refractivity contribution is 5.97. The predicted molar refractivity (Wildman–Crippen MR) is 67.5 cm³/mol. The molecular formula is C13H16FN3O. The second kappa shape index (κ2) is 5.61. The average Bonchev–Trinajstić information content (AvgIpc) is 2.31. The fourth-order valence-electron chi connectivity index (χ4n) is 1.50. The number of carbonyl (C=O) groups excluding carboxylic acids is 1. The number of benzene rings is 1. The molecule has 0 saturated carbocycles. The molecule has 0 heterocycles. The number of nitriles is 1. The van der Waals surface area contributed by atoms with Crippen LogP contribution in [0.25, 0.3) is 0 Å². The zero-order chi connectivity index (χ0) is 13.8. The lowest BCUT2D eigenvalue weighted by Crippen LogP contribution is -2.49. The fourth-order valence-corrected chi connectivity index (χ4v) is 1.50. The molecule has 2 N–H and O–H groups in total. The van der Waals surface area contributed by atoms with Gasteiger partial charge in [0.1, 0.15) is 11.9 Å². The van der Waals surface area contributed by atoms with Crippen LogP contribution in [0.4, 0.5) is 10.1 Å². The van der Waals surface area contributed by atoms with Gasteiger partial charge < -0.3 is 10.6 Å². The lowest BCUT2D eigenvalue weighted by atomic mass is 10.0. The maximum absolute atomic E-state index is 13.1. The number of hydrogen-bond donors (Lipinski definition) is 2. The van der Waals surface area contributed by atoms with Gasteiger partial charge in [-0.25, -0.2) is 4.39 Å². The van der Waals surface area contributed by atoms with Gasteiger partial charge in [0, 0.05) is 5.69 Å². The highest BCUT2D eigenvalue weighted by Gasteiger charge is 2.26. The van der Waals surface area contributed by atoms with Crippen LogP contribution in [0, 0.1) is 17.1 Å². The van der Waals surface area contributed by atoms with E-state index in [0.29, 0.717) is 12.2 Å². The summed E-state index contributed by atoms with van der Waals surface area (Å²) in [7, 11) is 0. The summed E-state index contributed by atoms with van der Waals surface area (Å²) in [4.78, 5) is 12.0. The van der Waals surface area contributed by atoms with E-state index >= 15 is 0 Å². The van der Waals surface area contributed by atoms with Gasteiger partial charge in [0.2, 0.25) is 5.91 Å². The van der Waals surface area contributed by atoms with Crippen molar-refractivity contribution >= 4 is 11.6 Å². The molecule has 4 nitrogen and oxygen atoms in total. The van der Waals surface area contributed by atoms with Crippen LogP contribution < -0.4 is 10.6 Å². The molecule has 1 rings (SSSR count). The van der Waals surface area contributed by atoms with E-state index in [-0.39, 0.29) is 11.5 Å². The molecule has 0 aliphatic heterocycles. The van der Waals surface area contributed by atoms with Gasteiger partial charge in [-0.05, 0) is 38.6 Å². The summed E-state index contributed by atoms with van der Waals surface area (Å²) in [6.45, 7) is 6.06. The molecule has 5 heteroatoms. The zero-order valence-corrected chi connectivity index (χ0v) is 10.7. The summed E-state index contributed by atoms with van der Waals surface area (Å²) < 4.78 is 13.1. The van der Waals surface area contributed by atoms with E-state index in [2.05, 4.69) is 10.6 Å². The highest BCUT2D eigenvalue weighted by atomic mass is 19.1. The lowest BCUT2D eigenvalue weighted by molar-refractivity contribution is -0.121. The van der Waals surface area contributed by atoms with Gasteiger partial charge in [-0.15, -0.1) is 0 Å². The minimum Gasteiger partial charge on any atom is -0.324 e. The number of nitrogens with zero attached hydrogens (tertiary/aromatic N) is 1. The maximum atomic E-state index is 13.1. The van der Waals surface area contributed by atoms with Crippen molar-refractivity contribution in [3.63, 3.8) is 0 Å². The molecule has 0 unspecified atom stereocenters. The number of carbonyl (C=O) groups is 1. The summed E-state index contributed by atoms with van der Waals surface area (Å²) in [6.07, 6.45) is 0. The van der Waals surface area contributed by atoms with Gasteiger partial charge >= 0.3 is 0 Å². The predicted octanol–water partition coefficient (Wildman–Crippen LogP) is 2.02. The van der Waals surface area contributed by atoms with Crippen LogP contribution in [0.15, 0.2) is 18.2 Å². The summed E-state index contributed by atoms with van der Waals surface area (Å²) in [5.41, 5.74) is -0.409. The minimum atomic E-state index is -0.726. The first-order valence-corrected chi connectivity index (χ1v) is 5.67. The SMILES string of the molecule is CCNC(C)(C)C(=O)Nc1ccc(F)c(C#N)c1. The minimum absolute atomic E-state index is 0.0888. The van der Waals surface area contributed by atoms with Crippen molar-refractivity contribution < 1.29 is 9.18 Å². The molecule has 0 bridgehead atoms. The van der Waals surface area contributed by atoms with Gasteiger partial charge in [0.25, 0.3) is 0 Å². The van der Waals surface area contributed by atoms with Crippen LogP contribution in [0.2, 0.25) is 0 Å². The highest BCUT2D eigenvalue weighted by Crippen LogP contribution is 2.15. The van der Waals surface area contributed by atoms with Crippen LogP contribution >= 0.6 is 0 Å². The van der Waals surface area contributed by atoms with E-state index < -0.39 is 11.4 Å². The standard InChI is InChI=1S/C13H16FN3O/c1-4-16-13(2,3)12(18)17-10-5-6-11(14)9(7-10)8-15/h5-7,16H,4H2,1-3H3,(H,17,18). The maximum Gasteiger partial charge on any atom is 0.244 e. The Bertz CT molecular complexity index is 491. The van der Waals surface area contributed by atoms with E-state index in [9.17, 15) is 9.18 Å². The molecule has 0 aliphatic rings. The van der Waals surface area contributed by atoms with E-state index in [0.717, 1.165) is 6.07 Å². The average molecular weight is 249 g/mol. The van der Waals surface area contributed by atoms with E-state index in [4.69, 9.17) is 5.26 Å². The molecule has 0 atom stereocenters. The van der Waals surface area contributed by atoms with Gasteiger partial charge in [-0.3, -0.25) is 4.79 Å². The second-order valence-electron chi connectivity index (χ2n) is 4.42. The topological polar surface area (TPSA) is 64.9 Å². The Morgan fingerprint density at radius 2 is 2.17 bits per heavy atom. The normalized spacial score (nSPS) is 10.8. The Morgan fingerprint density at radius 3 is 2.72 bits per heavy atom. The Morgan fingerprint density at radius 1 is 1.50 bits per heavy atom. The number of nitrogens with one attached hydrogen (secondary N) is 2. The number of amides is 1. The number of halogens is 1. The lowest BCUT2D eigenvalue weighted by Gasteiger charge is -2.24. The van der Waals surface area contributed by atoms with E-state index in [1.54, 1.807) is 19.9 Å². The third-order valence-corrected chi connectivity index (χ3v) is 2.53. The van der Waals surface area contributed by atoms with Crippen molar-refractivity contribution in [2.45, 2.75) is 26.3 Å². The van der Waals surface area contributed by atoms with Gasteiger partial charge in [0.15, 0.2) is 0 Å².